The van der Waals surface area contributed by atoms with E-state index in [9.17, 15) is 4.79 Å². The molecule has 2 bridgehead atoms. The molecule has 0 amide bonds. The molecule has 2 fully saturated rings. The number of ether oxygens (including phenoxy) is 2. The highest BCUT2D eigenvalue weighted by Crippen LogP contribution is 2.55. The van der Waals surface area contributed by atoms with Crippen LogP contribution in [0.3, 0.4) is 0 Å². The van der Waals surface area contributed by atoms with Crippen LogP contribution in [0.15, 0.2) is 17.8 Å². The van der Waals surface area contributed by atoms with Crippen LogP contribution in [0.2, 0.25) is 0 Å². The van der Waals surface area contributed by atoms with Crippen molar-refractivity contribution in [1.29, 1.82) is 0 Å². The minimum atomic E-state index is -0.385. The highest BCUT2D eigenvalue weighted by Gasteiger charge is 2.47. The van der Waals surface area contributed by atoms with E-state index in [2.05, 4.69) is 56.6 Å². The normalized spacial score (nSPS) is 22.2. The third kappa shape index (κ3) is 6.32. The zero-order valence-corrected chi connectivity index (χ0v) is 25.8. The van der Waals surface area contributed by atoms with Crippen LogP contribution < -0.4 is 9.47 Å². The molecule has 0 radical (unpaired) electrons. The monoisotopic (exact) mass is 554 g/mol. The molecule has 6 rings (SSSR count). The van der Waals surface area contributed by atoms with E-state index in [4.69, 9.17) is 9.47 Å². The number of unbranched alkanes of at least 4 members (excludes halogenated alkanes) is 2. The Morgan fingerprint density at radius 3 is 2.56 bits per heavy atom. The third-order valence-electron chi connectivity index (χ3n) is 9.59. The standard InChI is InChI=1S/C33H50N2O3S/c1-6-7-8-10-23(2)24(3)26-21-27(37-29(36)11-9-14-34-17-19-39-20-18-34)31-28(22-26)38-33(4,5)32-30(31)25-12-15-35(32)16-13-25/h21-25H,6-20H2,1-5H3. The Hall–Kier alpha value is -1.66. The quantitative estimate of drug-likeness (QED) is 0.162. The number of benzene rings is 1. The van der Waals surface area contributed by atoms with Crippen molar-refractivity contribution >= 4 is 23.3 Å². The summed E-state index contributed by atoms with van der Waals surface area (Å²) in [5.41, 5.74) is 4.58. The van der Waals surface area contributed by atoms with Gasteiger partial charge in [0.05, 0.1) is 11.3 Å². The number of allylic oxidation sites excluding steroid dienone is 1. The van der Waals surface area contributed by atoms with Crippen LogP contribution in [0.4, 0.5) is 0 Å². The molecule has 0 aliphatic carbocycles. The number of hydrogen-bond acceptors (Lipinski definition) is 6. The van der Waals surface area contributed by atoms with Crippen LogP contribution in [-0.2, 0) is 4.79 Å². The van der Waals surface area contributed by atoms with Crippen molar-refractivity contribution in [3.05, 3.63) is 29.0 Å². The van der Waals surface area contributed by atoms with Crippen LogP contribution in [0.25, 0.3) is 5.57 Å². The fourth-order valence-electron chi connectivity index (χ4n) is 7.15. The Morgan fingerprint density at radius 1 is 1.10 bits per heavy atom. The van der Waals surface area contributed by atoms with Crippen molar-refractivity contribution in [3.63, 3.8) is 0 Å². The average molecular weight is 555 g/mol. The second-order valence-electron chi connectivity index (χ2n) is 12.8. The summed E-state index contributed by atoms with van der Waals surface area (Å²) in [5, 5.41) is 0. The molecule has 0 aromatic heterocycles. The van der Waals surface area contributed by atoms with Crippen LogP contribution in [0.1, 0.15) is 103 Å². The Balaban J connectivity index is 1.43. The van der Waals surface area contributed by atoms with Gasteiger partial charge in [0.1, 0.15) is 17.1 Å². The van der Waals surface area contributed by atoms with Crippen LogP contribution >= 0.6 is 11.8 Å². The maximum absolute atomic E-state index is 13.3. The molecule has 2 saturated heterocycles. The number of esters is 1. The maximum atomic E-state index is 13.3. The van der Waals surface area contributed by atoms with Gasteiger partial charge in [-0.2, -0.15) is 11.8 Å². The Bertz CT molecular complexity index is 1050. The van der Waals surface area contributed by atoms with E-state index in [1.165, 1.54) is 66.9 Å². The number of fused-ring (bicyclic) bond motifs is 3. The van der Waals surface area contributed by atoms with Crippen molar-refractivity contribution in [2.75, 3.05) is 44.2 Å². The summed E-state index contributed by atoms with van der Waals surface area (Å²) in [7, 11) is 0. The van der Waals surface area contributed by atoms with E-state index in [1.54, 1.807) is 0 Å². The Kier molecular flexibility index (Phi) is 9.22. The van der Waals surface area contributed by atoms with E-state index in [1.807, 2.05) is 11.8 Å². The van der Waals surface area contributed by atoms with Gasteiger partial charge in [0.15, 0.2) is 0 Å². The number of thioether (sulfide) groups is 1. The largest absolute Gasteiger partial charge is 0.481 e. The van der Waals surface area contributed by atoms with Crippen LogP contribution in [0.5, 0.6) is 11.5 Å². The van der Waals surface area contributed by atoms with Gasteiger partial charge in [-0.1, -0.05) is 46.5 Å². The van der Waals surface area contributed by atoms with E-state index in [0.717, 1.165) is 56.2 Å². The van der Waals surface area contributed by atoms with Gasteiger partial charge in [0, 0.05) is 44.1 Å². The molecule has 0 saturated carbocycles. The van der Waals surface area contributed by atoms with E-state index < -0.39 is 0 Å². The third-order valence-corrected chi connectivity index (χ3v) is 10.5. The Morgan fingerprint density at radius 2 is 1.85 bits per heavy atom. The summed E-state index contributed by atoms with van der Waals surface area (Å²) in [5.74, 6) is 5.36. The molecule has 6 heteroatoms. The summed E-state index contributed by atoms with van der Waals surface area (Å²) in [6.45, 7) is 16.8. The van der Waals surface area contributed by atoms with E-state index in [0.29, 0.717) is 24.2 Å². The molecule has 216 valence electrons. The summed E-state index contributed by atoms with van der Waals surface area (Å²) in [6, 6.07) is 4.45. The molecule has 5 aliphatic heterocycles. The highest BCUT2D eigenvalue weighted by atomic mass is 32.2. The number of carbonyl (C=O) groups excluding carboxylic acids is 1. The molecule has 5 aliphatic rings. The first-order valence-corrected chi connectivity index (χ1v) is 16.8. The van der Waals surface area contributed by atoms with Gasteiger partial charge in [0.25, 0.3) is 0 Å². The lowest BCUT2D eigenvalue weighted by atomic mass is 9.73. The predicted molar refractivity (Wildman–Crippen MR) is 163 cm³/mol. The van der Waals surface area contributed by atoms with Crippen LogP contribution in [0, 0.1) is 11.8 Å². The first-order valence-electron chi connectivity index (χ1n) is 15.7. The molecular weight excluding hydrogens is 504 g/mol. The molecule has 1 aromatic rings. The molecule has 39 heavy (non-hydrogen) atoms. The van der Waals surface area contributed by atoms with Gasteiger partial charge < -0.3 is 19.3 Å². The Labute approximate surface area is 241 Å². The van der Waals surface area contributed by atoms with Crippen LogP contribution in [-0.4, -0.2) is 65.6 Å². The lowest BCUT2D eigenvalue weighted by Gasteiger charge is -2.51. The SMILES string of the molecule is CCCCCC(C)C(C)c1cc(OC(=O)CCCN2CCSCC2)c2c(c1)OC(C)(C)C1=C2C2CCN1CC2. The summed E-state index contributed by atoms with van der Waals surface area (Å²) >= 11 is 2.02. The summed E-state index contributed by atoms with van der Waals surface area (Å²) in [4.78, 5) is 18.3. The number of carbonyl (C=O) groups is 1. The van der Waals surface area contributed by atoms with Crippen molar-refractivity contribution in [2.45, 2.75) is 97.5 Å². The number of hydrogen-bond donors (Lipinski definition) is 0. The molecule has 0 N–H and O–H groups in total. The van der Waals surface area contributed by atoms with Gasteiger partial charge in [0.2, 0.25) is 0 Å². The maximum Gasteiger partial charge on any atom is 0.311 e. The molecular formula is C33H50N2O3S. The lowest BCUT2D eigenvalue weighted by molar-refractivity contribution is -0.134. The fourth-order valence-corrected chi connectivity index (χ4v) is 8.12. The van der Waals surface area contributed by atoms with Gasteiger partial charge in [-0.25, -0.2) is 0 Å². The van der Waals surface area contributed by atoms with Crippen molar-refractivity contribution in [1.82, 2.24) is 9.80 Å². The van der Waals surface area contributed by atoms with Crippen molar-refractivity contribution in [3.8, 4) is 11.5 Å². The lowest BCUT2D eigenvalue weighted by Crippen LogP contribution is -2.51. The number of piperidine rings is 1. The summed E-state index contributed by atoms with van der Waals surface area (Å²) in [6.07, 6.45) is 8.66. The predicted octanol–water partition coefficient (Wildman–Crippen LogP) is 7.35. The smallest absolute Gasteiger partial charge is 0.311 e. The average Bonchev–Trinajstić information content (AvgIpc) is 2.93. The first-order chi connectivity index (χ1) is 18.8. The first kappa shape index (κ1) is 28.9. The summed E-state index contributed by atoms with van der Waals surface area (Å²) < 4.78 is 13.1. The minimum absolute atomic E-state index is 0.113. The number of rotatable bonds is 11. The fraction of sp³-hybridized carbons (Fsp3) is 0.727. The van der Waals surface area contributed by atoms with Gasteiger partial charge in [-0.05, 0) is 80.7 Å². The van der Waals surface area contributed by atoms with E-state index in [-0.39, 0.29) is 11.6 Å². The molecule has 5 heterocycles. The number of nitrogens with zero attached hydrogens (tertiary/aromatic N) is 2. The highest BCUT2D eigenvalue weighted by molar-refractivity contribution is 7.99. The minimum Gasteiger partial charge on any atom is -0.481 e. The van der Waals surface area contributed by atoms with Crippen molar-refractivity contribution in [2.24, 2.45) is 11.8 Å². The van der Waals surface area contributed by atoms with Gasteiger partial charge in [-0.15, -0.1) is 0 Å². The second-order valence-corrected chi connectivity index (χ2v) is 14.0. The zero-order chi connectivity index (χ0) is 27.6. The van der Waals surface area contributed by atoms with E-state index >= 15 is 0 Å². The molecule has 2 atom stereocenters. The topological polar surface area (TPSA) is 42.0 Å². The molecule has 1 aromatic carbocycles. The van der Waals surface area contributed by atoms with Gasteiger partial charge >= 0.3 is 5.97 Å². The molecule has 2 unspecified atom stereocenters. The zero-order valence-electron chi connectivity index (χ0n) is 25.0. The molecule has 0 spiro atoms. The second kappa shape index (κ2) is 12.5. The van der Waals surface area contributed by atoms with Gasteiger partial charge in [-0.3, -0.25) is 4.79 Å². The van der Waals surface area contributed by atoms with Crippen molar-refractivity contribution < 1.29 is 14.3 Å². The molecule has 5 nitrogen and oxygen atoms in total.